The number of fused-ring (bicyclic) bond motifs is 1. The Labute approximate surface area is 166 Å². The summed E-state index contributed by atoms with van der Waals surface area (Å²) in [5.41, 5.74) is 5.58. The Morgan fingerprint density at radius 3 is 2.86 bits per heavy atom. The highest BCUT2D eigenvalue weighted by Crippen LogP contribution is 2.32. The molecule has 1 aliphatic heterocycles. The highest BCUT2D eigenvalue weighted by atomic mass is 16.5. The predicted molar refractivity (Wildman–Crippen MR) is 113 cm³/mol. The second-order valence-corrected chi connectivity index (χ2v) is 8.11. The van der Waals surface area contributed by atoms with Gasteiger partial charge in [0.15, 0.2) is 0 Å². The van der Waals surface area contributed by atoms with Crippen molar-refractivity contribution in [1.29, 1.82) is 0 Å². The number of aryl methyl sites for hydroxylation is 1. The summed E-state index contributed by atoms with van der Waals surface area (Å²) in [5.74, 6) is 0.640. The maximum Gasteiger partial charge on any atom is 0.140 e. The van der Waals surface area contributed by atoms with E-state index in [2.05, 4.69) is 70.7 Å². The van der Waals surface area contributed by atoms with Crippen LogP contribution in [0, 0.1) is 12.8 Å². The van der Waals surface area contributed by atoms with Crippen LogP contribution in [-0.2, 0) is 4.74 Å². The van der Waals surface area contributed by atoms with E-state index in [1.807, 2.05) is 0 Å². The van der Waals surface area contributed by atoms with Crippen LogP contribution in [0.25, 0.3) is 16.9 Å². The Morgan fingerprint density at radius 2 is 2.07 bits per heavy atom. The number of imidazole rings is 1. The van der Waals surface area contributed by atoms with Crippen LogP contribution < -0.4 is 10.6 Å². The summed E-state index contributed by atoms with van der Waals surface area (Å²) in [6, 6.07) is 13.9. The van der Waals surface area contributed by atoms with Gasteiger partial charge < -0.3 is 19.8 Å². The molecule has 1 aromatic carbocycles. The topological polar surface area (TPSA) is 50.6 Å². The molecule has 2 aliphatic rings. The van der Waals surface area contributed by atoms with Crippen molar-refractivity contribution in [3.63, 3.8) is 0 Å². The summed E-state index contributed by atoms with van der Waals surface area (Å²) in [4.78, 5) is 4.81. The molecule has 0 amide bonds. The highest BCUT2D eigenvalue weighted by molar-refractivity contribution is 5.66. The van der Waals surface area contributed by atoms with Crippen molar-refractivity contribution in [3.8, 4) is 11.3 Å². The van der Waals surface area contributed by atoms with Gasteiger partial charge in [0, 0.05) is 42.3 Å². The second kappa shape index (κ2) is 7.57. The molecule has 2 fully saturated rings. The van der Waals surface area contributed by atoms with Crippen LogP contribution >= 0.6 is 0 Å². The van der Waals surface area contributed by atoms with E-state index < -0.39 is 0 Å². The molecule has 5 nitrogen and oxygen atoms in total. The molecule has 2 N–H and O–H groups in total. The smallest absolute Gasteiger partial charge is 0.140 e. The van der Waals surface area contributed by atoms with Crippen molar-refractivity contribution in [1.82, 2.24) is 14.7 Å². The number of ether oxygens (including phenoxy) is 1. The third-order valence-corrected chi connectivity index (χ3v) is 6.25. The second-order valence-electron chi connectivity index (χ2n) is 8.11. The molecule has 3 heterocycles. The molecule has 0 spiro atoms. The predicted octanol–water partition coefficient (Wildman–Crippen LogP) is 3.88. The highest BCUT2D eigenvalue weighted by Gasteiger charge is 2.34. The van der Waals surface area contributed by atoms with Crippen LogP contribution in [-0.4, -0.2) is 41.2 Å². The molecule has 1 aliphatic carbocycles. The van der Waals surface area contributed by atoms with E-state index in [4.69, 9.17) is 9.72 Å². The molecule has 5 rings (SSSR count). The van der Waals surface area contributed by atoms with Crippen molar-refractivity contribution in [2.45, 2.75) is 38.3 Å². The molecular formula is C23H28N4O. The van der Waals surface area contributed by atoms with E-state index in [9.17, 15) is 0 Å². The van der Waals surface area contributed by atoms with Crippen molar-refractivity contribution in [3.05, 3.63) is 54.4 Å². The lowest BCUT2D eigenvalue weighted by molar-refractivity contribution is 0.0559. The zero-order valence-electron chi connectivity index (χ0n) is 16.4. The lowest BCUT2D eigenvalue weighted by Crippen LogP contribution is -2.49. The van der Waals surface area contributed by atoms with Crippen LogP contribution in [0.1, 0.15) is 24.8 Å². The molecule has 3 aromatic rings. The van der Waals surface area contributed by atoms with Gasteiger partial charge in [-0.25, -0.2) is 4.98 Å². The molecule has 146 valence electrons. The van der Waals surface area contributed by atoms with Gasteiger partial charge in [0.1, 0.15) is 5.65 Å². The van der Waals surface area contributed by atoms with Gasteiger partial charge in [0.05, 0.1) is 18.9 Å². The van der Waals surface area contributed by atoms with Crippen LogP contribution in [0.2, 0.25) is 0 Å². The number of hydrogen-bond donors (Lipinski definition) is 2. The van der Waals surface area contributed by atoms with E-state index >= 15 is 0 Å². The van der Waals surface area contributed by atoms with Gasteiger partial charge in [0.2, 0.25) is 0 Å². The van der Waals surface area contributed by atoms with Crippen LogP contribution in [0.5, 0.6) is 0 Å². The molecule has 1 saturated heterocycles. The normalized spacial score (nSPS) is 25.2. The quantitative estimate of drug-likeness (QED) is 0.726. The molecule has 5 heteroatoms. The van der Waals surface area contributed by atoms with Crippen LogP contribution in [0.4, 0.5) is 5.69 Å². The molecule has 3 unspecified atom stereocenters. The maximum atomic E-state index is 5.69. The first-order valence-corrected chi connectivity index (χ1v) is 10.4. The van der Waals surface area contributed by atoms with Gasteiger partial charge in [-0.2, -0.15) is 0 Å². The van der Waals surface area contributed by atoms with Gasteiger partial charge in [0.25, 0.3) is 0 Å². The zero-order chi connectivity index (χ0) is 18.9. The van der Waals surface area contributed by atoms with Crippen molar-refractivity contribution < 1.29 is 4.74 Å². The fourth-order valence-corrected chi connectivity index (χ4v) is 4.75. The Kier molecular flexibility index (Phi) is 4.79. The summed E-state index contributed by atoms with van der Waals surface area (Å²) >= 11 is 0. The molecule has 0 bridgehead atoms. The molecular weight excluding hydrogens is 348 g/mol. The van der Waals surface area contributed by atoms with E-state index in [1.54, 1.807) is 0 Å². The zero-order valence-corrected chi connectivity index (χ0v) is 16.4. The van der Waals surface area contributed by atoms with Gasteiger partial charge in [-0.1, -0.05) is 24.6 Å². The van der Waals surface area contributed by atoms with E-state index in [0.717, 1.165) is 36.7 Å². The maximum absolute atomic E-state index is 5.69. The SMILES string of the molecule is Cc1cccn2cc(-c3ccc(NC4CCCC4C4COCCN4)cc3)nc12. The molecule has 2 aromatic heterocycles. The Hall–Kier alpha value is -2.37. The van der Waals surface area contributed by atoms with E-state index in [-0.39, 0.29) is 0 Å². The summed E-state index contributed by atoms with van der Waals surface area (Å²) in [6.45, 7) is 4.75. The number of nitrogens with one attached hydrogen (secondary N) is 2. The van der Waals surface area contributed by atoms with Crippen LogP contribution in [0.3, 0.4) is 0 Å². The number of pyridine rings is 1. The summed E-state index contributed by atoms with van der Waals surface area (Å²) in [7, 11) is 0. The van der Waals surface area contributed by atoms with E-state index in [1.165, 1.54) is 30.5 Å². The molecule has 1 saturated carbocycles. The number of rotatable bonds is 4. The minimum Gasteiger partial charge on any atom is -0.382 e. The summed E-state index contributed by atoms with van der Waals surface area (Å²) < 4.78 is 7.79. The summed E-state index contributed by atoms with van der Waals surface area (Å²) in [5, 5.41) is 7.43. The average Bonchev–Trinajstić information content (AvgIpc) is 3.37. The number of anilines is 1. The van der Waals surface area contributed by atoms with Crippen molar-refractivity contribution in [2.24, 2.45) is 5.92 Å². The van der Waals surface area contributed by atoms with E-state index in [0.29, 0.717) is 18.0 Å². The number of morpholine rings is 1. The molecule has 0 radical (unpaired) electrons. The van der Waals surface area contributed by atoms with Gasteiger partial charge in [-0.05, 0) is 49.4 Å². The lowest BCUT2D eigenvalue weighted by Gasteiger charge is -2.33. The largest absolute Gasteiger partial charge is 0.382 e. The minimum absolute atomic E-state index is 0.481. The van der Waals surface area contributed by atoms with Gasteiger partial charge in [-0.3, -0.25) is 0 Å². The Balaban J connectivity index is 1.31. The third kappa shape index (κ3) is 3.40. The number of benzene rings is 1. The standard InChI is InChI=1S/C23H28N4O/c1-16-4-3-12-27-14-21(26-23(16)27)17-7-9-18(10-8-17)25-20-6-2-5-19(20)22-15-28-13-11-24-22/h3-4,7-10,12,14,19-20,22,24-25H,2,5-6,11,13,15H2,1H3. The van der Waals surface area contributed by atoms with Gasteiger partial charge >= 0.3 is 0 Å². The van der Waals surface area contributed by atoms with Crippen molar-refractivity contribution in [2.75, 3.05) is 25.1 Å². The fraction of sp³-hybridized carbons (Fsp3) is 0.435. The van der Waals surface area contributed by atoms with Crippen LogP contribution in [0.15, 0.2) is 48.8 Å². The first-order valence-electron chi connectivity index (χ1n) is 10.4. The Bertz CT molecular complexity index is 943. The van der Waals surface area contributed by atoms with Crippen molar-refractivity contribution >= 4 is 11.3 Å². The first kappa shape index (κ1) is 17.7. The number of nitrogens with zero attached hydrogens (tertiary/aromatic N) is 2. The monoisotopic (exact) mass is 376 g/mol. The Morgan fingerprint density at radius 1 is 1.18 bits per heavy atom. The van der Waals surface area contributed by atoms with Gasteiger partial charge in [-0.15, -0.1) is 0 Å². The average molecular weight is 377 g/mol. The number of hydrogen-bond acceptors (Lipinski definition) is 4. The molecule has 28 heavy (non-hydrogen) atoms. The number of aromatic nitrogens is 2. The summed E-state index contributed by atoms with van der Waals surface area (Å²) in [6.07, 6.45) is 7.96. The minimum atomic E-state index is 0.481. The lowest BCUT2D eigenvalue weighted by atomic mass is 9.93. The first-order chi connectivity index (χ1) is 13.8. The molecule has 3 atom stereocenters. The third-order valence-electron chi connectivity index (χ3n) is 6.25. The fourth-order valence-electron chi connectivity index (χ4n) is 4.75.